The molecule has 0 unspecified atom stereocenters. The lowest BCUT2D eigenvalue weighted by atomic mass is 9.90. The molecule has 2 rings (SSSR count). The maximum Gasteiger partial charge on any atom is 0.303 e. The highest BCUT2D eigenvalue weighted by atomic mass is 79.9. The van der Waals surface area contributed by atoms with Crippen molar-refractivity contribution in [2.75, 3.05) is 20.8 Å². The maximum absolute atomic E-state index is 12.0. The van der Waals surface area contributed by atoms with Gasteiger partial charge in [0.2, 0.25) is 0 Å². The lowest BCUT2D eigenvalue weighted by Gasteiger charge is -2.44. The number of ether oxygens (including phenoxy) is 7. The van der Waals surface area contributed by atoms with Crippen LogP contribution in [-0.2, 0) is 42.9 Å². The molecule has 1 aliphatic rings. The number of halogens is 1. The third-order valence-electron chi connectivity index (χ3n) is 4.80. The molecule has 0 aliphatic carbocycles. The van der Waals surface area contributed by atoms with Crippen LogP contribution in [-0.4, -0.2) is 69.1 Å². The quantitative estimate of drug-likeness (QED) is 0.351. The highest BCUT2D eigenvalue weighted by Gasteiger charge is 2.53. The van der Waals surface area contributed by atoms with Gasteiger partial charge in [-0.1, -0.05) is 0 Å². The van der Waals surface area contributed by atoms with Gasteiger partial charge in [0.05, 0.1) is 18.7 Å². The summed E-state index contributed by atoms with van der Waals surface area (Å²) in [5.41, 5.74) is 0.389. The summed E-state index contributed by atoms with van der Waals surface area (Å²) in [6.45, 7) is 4.36. The van der Waals surface area contributed by atoms with Crippen LogP contribution in [0.3, 0.4) is 0 Å². The Morgan fingerprint density at radius 2 is 1.32 bits per heavy atom. The van der Waals surface area contributed by atoms with Crippen molar-refractivity contribution in [1.29, 1.82) is 0 Å². The predicted octanol–water partition coefficient (Wildman–Crippen LogP) is 2.26. The van der Waals surface area contributed by atoms with Crippen LogP contribution < -0.4 is 9.47 Å². The van der Waals surface area contributed by atoms with Gasteiger partial charge in [-0.2, -0.15) is 0 Å². The summed E-state index contributed by atoms with van der Waals surface area (Å²) in [4.78, 5) is 47.3. The molecule has 1 heterocycles. The summed E-state index contributed by atoms with van der Waals surface area (Å²) >= 11 is 3.38. The summed E-state index contributed by atoms with van der Waals surface area (Å²) in [6.07, 6.45) is -5.95. The van der Waals surface area contributed by atoms with E-state index in [1.165, 1.54) is 28.1 Å². The number of rotatable bonds is 8. The Morgan fingerprint density at radius 1 is 0.794 bits per heavy atom. The van der Waals surface area contributed by atoms with Gasteiger partial charge in [0.1, 0.15) is 30.3 Å². The van der Waals surface area contributed by atoms with Crippen LogP contribution in [0.15, 0.2) is 16.6 Å². The van der Waals surface area contributed by atoms with Gasteiger partial charge < -0.3 is 33.2 Å². The smallest absolute Gasteiger partial charge is 0.303 e. The predicted molar refractivity (Wildman–Crippen MR) is 118 cm³/mol. The molecule has 0 N–H and O–H groups in total. The normalized spacial score (nSPS) is 23.9. The number of methoxy groups -OCH3 is 2. The Kier molecular flexibility index (Phi) is 9.68. The zero-order valence-corrected chi connectivity index (χ0v) is 21.2. The fourth-order valence-electron chi connectivity index (χ4n) is 3.59. The second kappa shape index (κ2) is 12.0. The van der Waals surface area contributed by atoms with Crippen molar-refractivity contribution in [2.24, 2.45) is 0 Å². The number of carbonyl (C=O) groups is 4. The molecule has 12 heteroatoms. The van der Waals surface area contributed by atoms with Gasteiger partial charge in [-0.25, -0.2) is 0 Å². The average Bonchev–Trinajstić information content (AvgIpc) is 2.74. The van der Waals surface area contributed by atoms with Crippen molar-refractivity contribution in [3.05, 3.63) is 22.2 Å². The van der Waals surface area contributed by atoms with Gasteiger partial charge in [-0.3, -0.25) is 19.2 Å². The van der Waals surface area contributed by atoms with Crippen LogP contribution in [0.1, 0.15) is 39.4 Å². The number of benzene rings is 1. The Morgan fingerprint density at radius 3 is 1.82 bits per heavy atom. The van der Waals surface area contributed by atoms with Crippen LogP contribution >= 0.6 is 15.9 Å². The highest BCUT2D eigenvalue weighted by Crippen LogP contribution is 2.44. The van der Waals surface area contributed by atoms with Crippen LogP contribution in [0.4, 0.5) is 0 Å². The molecule has 0 spiro atoms. The monoisotopic (exact) mass is 546 g/mol. The molecule has 0 radical (unpaired) electrons. The summed E-state index contributed by atoms with van der Waals surface area (Å²) in [5, 5.41) is 0. The number of esters is 4. The number of carbonyl (C=O) groups excluding carboxylic acids is 4. The Hall–Kier alpha value is -2.86. The molecule has 34 heavy (non-hydrogen) atoms. The molecular formula is C22H27BrO11. The van der Waals surface area contributed by atoms with Crippen LogP contribution in [0.5, 0.6) is 11.5 Å². The van der Waals surface area contributed by atoms with E-state index in [0.29, 0.717) is 21.5 Å². The lowest BCUT2D eigenvalue weighted by Crippen LogP contribution is -2.59. The van der Waals surface area contributed by atoms with E-state index in [1.807, 2.05) is 0 Å². The van der Waals surface area contributed by atoms with E-state index >= 15 is 0 Å². The van der Waals surface area contributed by atoms with Gasteiger partial charge in [-0.05, 0) is 28.1 Å². The van der Waals surface area contributed by atoms with Crippen molar-refractivity contribution in [3.63, 3.8) is 0 Å². The van der Waals surface area contributed by atoms with Crippen molar-refractivity contribution < 1.29 is 52.3 Å². The van der Waals surface area contributed by atoms with E-state index in [2.05, 4.69) is 15.9 Å². The molecule has 188 valence electrons. The average molecular weight is 547 g/mol. The summed E-state index contributed by atoms with van der Waals surface area (Å²) in [6, 6.07) is 3.23. The fraction of sp³-hybridized carbons (Fsp3) is 0.545. The standard InChI is InChI=1S/C22H27BrO11/c1-10(24)30-9-18-20(31-11(2)25)22(33-13(4)27)21(32-12(3)26)19(34-18)14-7-17(29-6)15(23)8-16(14)28-5/h7-8,18-22H,9H2,1-6H3/t18-,19+,20-,21+,22+/m1/s1. The van der Waals surface area contributed by atoms with E-state index < -0.39 is 54.4 Å². The van der Waals surface area contributed by atoms with Gasteiger partial charge in [0.25, 0.3) is 0 Å². The molecule has 5 atom stereocenters. The van der Waals surface area contributed by atoms with Gasteiger partial charge >= 0.3 is 23.9 Å². The number of hydrogen-bond donors (Lipinski definition) is 0. The first-order valence-electron chi connectivity index (χ1n) is 10.2. The molecule has 1 aromatic rings. The molecule has 11 nitrogen and oxygen atoms in total. The van der Waals surface area contributed by atoms with Crippen molar-refractivity contribution in [3.8, 4) is 11.5 Å². The zero-order chi connectivity index (χ0) is 25.6. The largest absolute Gasteiger partial charge is 0.496 e. The first kappa shape index (κ1) is 27.4. The highest BCUT2D eigenvalue weighted by molar-refractivity contribution is 9.10. The molecule has 1 fully saturated rings. The lowest BCUT2D eigenvalue weighted by molar-refractivity contribution is -0.254. The SMILES string of the molecule is COc1cc([C@@H]2O[C@H](COC(C)=O)[C@@H](OC(C)=O)[C@H](OC(C)=O)[C@H]2OC(C)=O)c(OC)cc1Br. The fourth-order valence-corrected chi connectivity index (χ4v) is 4.07. The maximum atomic E-state index is 12.0. The second-order valence-corrected chi connectivity index (χ2v) is 8.20. The van der Waals surface area contributed by atoms with Gasteiger partial charge in [0, 0.05) is 33.3 Å². The van der Waals surface area contributed by atoms with E-state index in [0.717, 1.165) is 13.8 Å². The minimum absolute atomic E-state index is 0.329. The molecule has 0 saturated carbocycles. The van der Waals surface area contributed by atoms with E-state index in [9.17, 15) is 19.2 Å². The van der Waals surface area contributed by atoms with Crippen molar-refractivity contribution in [2.45, 2.75) is 58.2 Å². The van der Waals surface area contributed by atoms with Crippen molar-refractivity contribution in [1.82, 2.24) is 0 Å². The minimum atomic E-state index is -1.29. The van der Waals surface area contributed by atoms with Crippen LogP contribution in [0.25, 0.3) is 0 Å². The van der Waals surface area contributed by atoms with Gasteiger partial charge in [-0.15, -0.1) is 0 Å². The van der Waals surface area contributed by atoms with Crippen LogP contribution in [0, 0.1) is 0 Å². The topological polar surface area (TPSA) is 133 Å². The number of hydrogen-bond acceptors (Lipinski definition) is 11. The second-order valence-electron chi connectivity index (χ2n) is 7.35. The molecule has 1 saturated heterocycles. The van der Waals surface area contributed by atoms with E-state index in [4.69, 9.17) is 33.2 Å². The third kappa shape index (κ3) is 6.83. The first-order chi connectivity index (χ1) is 16.0. The Labute approximate surface area is 205 Å². The molecule has 0 amide bonds. The summed E-state index contributed by atoms with van der Waals surface area (Å²) in [7, 11) is 2.90. The molecule has 1 aromatic carbocycles. The minimum Gasteiger partial charge on any atom is -0.496 e. The van der Waals surface area contributed by atoms with Gasteiger partial charge in [0.15, 0.2) is 18.3 Å². The zero-order valence-electron chi connectivity index (χ0n) is 19.6. The molecular weight excluding hydrogens is 520 g/mol. The molecule has 0 bridgehead atoms. The van der Waals surface area contributed by atoms with E-state index in [1.54, 1.807) is 12.1 Å². The van der Waals surface area contributed by atoms with Crippen LogP contribution in [0.2, 0.25) is 0 Å². The Balaban J connectivity index is 2.69. The molecule has 1 aliphatic heterocycles. The third-order valence-corrected chi connectivity index (χ3v) is 5.42. The van der Waals surface area contributed by atoms with Crippen molar-refractivity contribution >= 4 is 39.8 Å². The van der Waals surface area contributed by atoms with E-state index in [-0.39, 0.29) is 6.61 Å². The summed E-state index contributed by atoms with van der Waals surface area (Å²) < 4.78 is 39.1. The Bertz CT molecular complexity index is 932. The summed E-state index contributed by atoms with van der Waals surface area (Å²) in [5.74, 6) is -1.96. The first-order valence-corrected chi connectivity index (χ1v) is 11.0. The molecule has 0 aromatic heterocycles.